The average molecular weight is 285 g/mol. The molecule has 1 rings (SSSR count). The van der Waals surface area contributed by atoms with Gasteiger partial charge < -0.3 is 0 Å². The Bertz CT molecular complexity index is 379. The van der Waals surface area contributed by atoms with Gasteiger partial charge in [0.05, 0.1) is 0 Å². The van der Waals surface area contributed by atoms with E-state index in [1.165, 1.54) is 44.6 Å². The maximum atomic E-state index is 13.4. The molecule has 0 bridgehead atoms. The zero-order valence-corrected chi connectivity index (χ0v) is 13.2. The Labute approximate surface area is 122 Å². The molecule has 108 valence electrons. The molecule has 0 atom stereocenters. The largest absolute Gasteiger partial charge is 0.207 e. The lowest BCUT2D eigenvalue weighted by Crippen LogP contribution is -2.06. The van der Waals surface area contributed by atoms with Gasteiger partial charge in [0.1, 0.15) is 5.82 Å². The van der Waals surface area contributed by atoms with Crippen LogP contribution in [-0.4, -0.2) is 0 Å². The quantitative estimate of drug-likeness (QED) is 0.523. The second-order valence-electron chi connectivity index (χ2n) is 5.55. The number of benzene rings is 1. The molecule has 1 aromatic rings. The van der Waals surface area contributed by atoms with Gasteiger partial charge in [-0.2, -0.15) is 0 Å². The summed E-state index contributed by atoms with van der Waals surface area (Å²) in [5.41, 5.74) is 1.81. The topological polar surface area (TPSA) is 0 Å². The highest BCUT2D eigenvalue weighted by atomic mass is 35.5. The fourth-order valence-electron chi connectivity index (χ4n) is 2.52. The summed E-state index contributed by atoms with van der Waals surface area (Å²) >= 11 is 6.17. The van der Waals surface area contributed by atoms with Gasteiger partial charge in [-0.25, -0.2) is 4.39 Å². The first-order chi connectivity index (χ1) is 9.08. The van der Waals surface area contributed by atoms with Gasteiger partial charge in [-0.15, -0.1) is 0 Å². The number of hydrogen-bond donors (Lipinski definition) is 0. The predicted octanol–water partition coefficient (Wildman–Crippen LogP) is 6.33. The summed E-state index contributed by atoms with van der Waals surface area (Å²) in [6.07, 6.45) is 8.50. The van der Waals surface area contributed by atoms with Crippen LogP contribution in [0.15, 0.2) is 12.1 Å². The standard InChI is InChI=1S/C17H26ClF/c1-4-6-8-14(9-7-5-2)11-15-10-13(3)17(19)12-16(15)18/h10,12,14H,4-9,11H2,1-3H3. The SMILES string of the molecule is CCCCC(CCCC)Cc1cc(C)c(F)cc1Cl. The van der Waals surface area contributed by atoms with Gasteiger partial charge >= 0.3 is 0 Å². The van der Waals surface area contributed by atoms with E-state index in [9.17, 15) is 4.39 Å². The molecule has 0 unspecified atom stereocenters. The number of aryl methyl sites for hydroxylation is 1. The van der Waals surface area contributed by atoms with Crippen LogP contribution in [0, 0.1) is 18.7 Å². The summed E-state index contributed by atoms with van der Waals surface area (Å²) in [6, 6.07) is 3.38. The molecule has 0 aromatic heterocycles. The van der Waals surface area contributed by atoms with E-state index in [4.69, 9.17) is 11.6 Å². The van der Waals surface area contributed by atoms with Gasteiger partial charge in [0.25, 0.3) is 0 Å². The Kier molecular flexibility index (Phi) is 7.45. The van der Waals surface area contributed by atoms with Crippen LogP contribution in [0.5, 0.6) is 0 Å². The summed E-state index contributed by atoms with van der Waals surface area (Å²) in [6.45, 7) is 6.26. The first-order valence-corrected chi connectivity index (χ1v) is 7.90. The van der Waals surface area contributed by atoms with Gasteiger partial charge in [-0.05, 0) is 36.5 Å². The van der Waals surface area contributed by atoms with Crippen molar-refractivity contribution in [2.75, 3.05) is 0 Å². The third-order valence-electron chi connectivity index (χ3n) is 3.77. The van der Waals surface area contributed by atoms with E-state index in [-0.39, 0.29) is 5.82 Å². The second kappa shape index (κ2) is 8.58. The molecular weight excluding hydrogens is 259 g/mol. The van der Waals surface area contributed by atoms with Crippen LogP contribution in [0.25, 0.3) is 0 Å². The molecule has 0 aliphatic carbocycles. The summed E-state index contributed by atoms with van der Waals surface area (Å²) in [4.78, 5) is 0. The van der Waals surface area contributed by atoms with Crippen molar-refractivity contribution in [3.63, 3.8) is 0 Å². The predicted molar refractivity (Wildman–Crippen MR) is 82.4 cm³/mol. The molecule has 19 heavy (non-hydrogen) atoms. The van der Waals surface area contributed by atoms with Crippen molar-refractivity contribution in [3.8, 4) is 0 Å². The minimum Gasteiger partial charge on any atom is -0.207 e. The summed E-state index contributed by atoms with van der Waals surface area (Å²) in [7, 11) is 0. The van der Waals surface area contributed by atoms with Crippen molar-refractivity contribution in [2.45, 2.75) is 65.7 Å². The molecule has 0 spiro atoms. The Morgan fingerprint density at radius 2 is 1.68 bits per heavy atom. The first-order valence-electron chi connectivity index (χ1n) is 7.53. The molecule has 0 amide bonds. The van der Waals surface area contributed by atoms with E-state index in [2.05, 4.69) is 13.8 Å². The van der Waals surface area contributed by atoms with Crippen molar-refractivity contribution >= 4 is 11.6 Å². The van der Waals surface area contributed by atoms with Crippen LogP contribution in [0.3, 0.4) is 0 Å². The number of rotatable bonds is 8. The van der Waals surface area contributed by atoms with Crippen molar-refractivity contribution in [3.05, 3.63) is 34.1 Å². The lowest BCUT2D eigenvalue weighted by Gasteiger charge is -2.17. The van der Waals surface area contributed by atoms with E-state index in [0.29, 0.717) is 16.5 Å². The molecule has 2 heteroatoms. The van der Waals surface area contributed by atoms with E-state index in [0.717, 1.165) is 12.0 Å². The molecule has 0 saturated heterocycles. The monoisotopic (exact) mass is 284 g/mol. The molecule has 0 aliphatic heterocycles. The van der Waals surface area contributed by atoms with E-state index in [1.807, 2.05) is 13.0 Å². The smallest absolute Gasteiger partial charge is 0.127 e. The third-order valence-corrected chi connectivity index (χ3v) is 4.12. The van der Waals surface area contributed by atoms with Crippen LogP contribution in [0.2, 0.25) is 5.02 Å². The Balaban J connectivity index is 2.74. The van der Waals surface area contributed by atoms with E-state index < -0.39 is 0 Å². The second-order valence-corrected chi connectivity index (χ2v) is 5.95. The summed E-state index contributed by atoms with van der Waals surface area (Å²) in [5, 5.41) is 0.584. The first kappa shape index (κ1) is 16.5. The summed E-state index contributed by atoms with van der Waals surface area (Å²) < 4.78 is 13.4. The van der Waals surface area contributed by atoms with Gasteiger partial charge in [0.2, 0.25) is 0 Å². The van der Waals surface area contributed by atoms with Gasteiger partial charge in [-0.3, -0.25) is 0 Å². The van der Waals surface area contributed by atoms with Gasteiger partial charge in [0, 0.05) is 5.02 Å². The highest BCUT2D eigenvalue weighted by molar-refractivity contribution is 6.31. The number of halogens is 2. The Morgan fingerprint density at radius 3 is 2.21 bits per heavy atom. The zero-order chi connectivity index (χ0) is 14.3. The fraction of sp³-hybridized carbons (Fsp3) is 0.647. The summed E-state index contributed by atoms with van der Waals surface area (Å²) in [5.74, 6) is 0.481. The Morgan fingerprint density at radius 1 is 1.11 bits per heavy atom. The molecule has 0 fully saturated rings. The van der Waals surface area contributed by atoms with Gasteiger partial charge in [-0.1, -0.05) is 70.0 Å². The van der Waals surface area contributed by atoms with Crippen molar-refractivity contribution < 1.29 is 4.39 Å². The molecule has 0 saturated carbocycles. The minimum absolute atomic E-state index is 0.201. The third kappa shape index (κ3) is 5.52. The molecule has 0 aliphatic rings. The highest BCUT2D eigenvalue weighted by Gasteiger charge is 2.13. The maximum Gasteiger partial charge on any atom is 0.127 e. The van der Waals surface area contributed by atoms with Crippen molar-refractivity contribution in [1.82, 2.24) is 0 Å². The molecule has 0 heterocycles. The highest BCUT2D eigenvalue weighted by Crippen LogP contribution is 2.27. The number of hydrogen-bond acceptors (Lipinski definition) is 0. The van der Waals surface area contributed by atoms with Crippen LogP contribution in [0.4, 0.5) is 4.39 Å². The molecule has 0 radical (unpaired) electrons. The molecular formula is C17H26ClF. The maximum absolute atomic E-state index is 13.4. The molecule has 0 N–H and O–H groups in total. The van der Waals surface area contributed by atoms with E-state index in [1.54, 1.807) is 0 Å². The van der Waals surface area contributed by atoms with Crippen molar-refractivity contribution in [2.24, 2.45) is 5.92 Å². The lowest BCUT2D eigenvalue weighted by molar-refractivity contribution is 0.417. The Hall–Kier alpha value is -0.560. The van der Waals surface area contributed by atoms with Gasteiger partial charge in [0.15, 0.2) is 0 Å². The van der Waals surface area contributed by atoms with Crippen LogP contribution in [-0.2, 0) is 6.42 Å². The van der Waals surface area contributed by atoms with Crippen LogP contribution < -0.4 is 0 Å². The number of unbranched alkanes of at least 4 members (excludes halogenated alkanes) is 2. The van der Waals surface area contributed by atoms with Crippen molar-refractivity contribution in [1.29, 1.82) is 0 Å². The molecule has 0 nitrogen and oxygen atoms in total. The average Bonchev–Trinajstić information content (AvgIpc) is 2.38. The van der Waals surface area contributed by atoms with Crippen LogP contribution in [0.1, 0.15) is 63.5 Å². The van der Waals surface area contributed by atoms with E-state index >= 15 is 0 Å². The fourth-order valence-corrected chi connectivity index (χ4v) is 2.75. The zero-order valence-electron chi connectivity index (χ0n) is 12.4. The normalized spacial score (nSPS) is 11.3. The lowest BCUT2D eigenvalue weighted by atomic mass is 9.89. The van der Waals surface area contributed by atoms with Crippen LogP contribution >= 0.6 is 11.6 Å². The molecule has 1 aromatic carbocycles. The minimum atomic E-state index is -0.201.